The van der Waals surface area contributed by atoms with Crippen molar-refractivity contribution in [3.8, 4) is 0 Å². The summed E-state index contributed by atoms with van der Waals surface area (Å²) in [5.74, 6) is -0.997. The highest BCUT2D eigenvalue weighted by Crippen LogP contribution is 2.22. The van der Waals surface area contributed by atoms with E-state index < -0.39 is 11.9 Å². The van der Waals surface area contributed by atoms with Crippen LogP contribution in [0.5, 0.6) is 0 Å². The Hall–Kier alpha value is -0.600. The number of carboxylic acids is 1. The number of rotatable bonds is 8. The lowest BCUT2D eigenvalue weighted by Crippen LogP contribution is -2.11. The molecule has 1 unspecified atom stereocenters. The number of hydrogen-bond acceptors (Lipinski definition) is 7. The fraction of sp³-hybridized carbons (Fsp3) is 0.636. The van der Waals surface area contributed by atoms with E-state index in [2.05, 4.69) is 0 Å². The third kappa shape index (κ3) is 11.0. The lowest BCUT2D eigenvalue weighted by atomic mass is 10.3. The van der Waals surface area contributed by atoms with Gasteiger partial charge < -0.3 is 9.84 Å². The van der Waals surface area contributed by atoms with Crippen LogP contribution >= 0.6 is 35.7 Å². The van der Waals surface area contributed by atoms with E-state index in [-0.39, 0.29) is 30.5 Å². The number of esters is 1. The molecule has 0 aromatic carbocycles. The van der Waals surface area contributed by atoms with E-state index >= 15 is 0 Å². The number of aliphatic carboxylic acids is 1. The maximum absolute atomic E-state index is 11.1. The van der Waals surface area contributed by atoms with Crippen LogP contribution in [0.4, 0.5) is 0 Å². The largest absolute Gasteiger partial charge is 0.481 e. The molecular formula is C11H16O5S3. The first-order valence-electron chi connectivity index (χ1n) is 5.54. The van der Waals surface area contributed by atoms with Crippen LogP contribution < -0.4 is 0 Å². The van der Waals surface area contributed by atoms with Crippen molar-refractivity contribution in [1.82, 2.24) is 0 Å². The van der Waals surface area contributed by atoms with Gasteiger partial charge in [-0.3, -0.25) is 14.4 Å². The average molecular weight is 324 g/mol. The normalized spacial score (nSPS) is 11.7. The summed E-state index contributed by atoms with van der Waals surface area (Å²) in [6.07, 6.45) is -0.350. The first kappa shape index (κ1) is 18.4. The van der Waals surface area contributed by atoms with Gasteiger partial charge >= 0.3 is 11.9 Å². The summed E-state index contributed by atoms with van der Waals surface area (Å²) in [4.78, 5) is 32.3. The predicted molar refractivity (Wildman–Crippen MR) is 80.6 cm³/mol. The van der Waals surface area contributed by atoms with Crippen LogP contribution in [0.25, 0.3) is 0 Å². The fourth-order valence-corrected chi connectivity index (χ4v) is 3.25. The Balaban J connectivity index is 3.63. The molecule has 0 aliphatic carbocycles. The Bertz CT molecular complexity index is 356. The van der Waals surface area contributed by atoms with Crippen LogP contribution in [-0.4, -0.2) is 44.0 Å². The molecule has 0 heterocycles. The molecule has 1 atom stereocenters. The number of ketones is 1. The zero-order valence-electron chi connectivity index (χ0n) is 10.7. The predicted octanol–water partition coefficient (Wildman–Crippen LogP) is 2.12. The van der Waals surface area contributed by atoms with E-state index in [1.165, 1.54) is 30.4 Å². The molecule has 0 fully saturated rings. The monoisotopic (exact) mass is 324 g/mol. The Morgan fingerprint density at radius 2 is 1.95 bits per heavy atom. The summed E-state index contributed by atoms with van der Waals surface area (Å²) in [6, 6.07) is 0. The highest BCUT2D eigenvalue weighted by atomic mass is 32.2. The van der Waals surface area contributed by atoms with E-state index in [1.54, 1.807) is 6.92 Å². The Morgan fingerprint density at radius 3 is 2.47 bits per heavy atom. The molecule has 0 aromatic heterocycles. The van der Waals surface area contributed by atoms with Crippen molar-refractivity contribution < 1.29 is 24.2 Å². The van der Waals surface area contributed by atoms with Crippen LogP contribution in [0, 0.1) is 0 Å². The van der Waals surface area contributed by atoms with Crippen LogP contribution in [-0.2, 0) is 19.1 Å². The molecule has 0 aliphatic rings. The second-order valence-corrected chi connectivity index (χ2v) is 7.22. The van der Waals surface area contributed by atoms with Crippen LogP contribution in [0.15, 0.2) is 0 Å². The SMILES string of the molecule is CC(=O)C(C)SC(=S)SCCOC(=O)CCC(=O)O. The van der Waals surface area contributed by atoms with Crippen LogP contribution in [0.3, 0.4) is 0 Å². The summed E-state index contributed by atoms with van der Waals surface area (Å²) in [5.41, 5.74) is 0. The standard InChI is InChI=1S/C11H16O5S3/c1-7(12)8(2)19-11(17)18-6-5-16-10(15)4-3-9(13)14/h8H,3-6H2,1-2H3,(H,13,14). The first-order chi connectivity index (χ1) is 8.82. The molecule has 0 saturated heterocycles. The Labute approximate surface area is 125 Å². The minimum absolute atomic E-state index is 0.0630. The molecule has 0 rings (SSSR count). The van der Waals surface area contributed by atoms with E-state index in [0.717, 1.165) is 0 Å². The van der Waals surface area contributed by atoms with Gasteiger partial charge in [-0.2, -0.15) is 0 Å². The second kappa shape index (κ2) is 10.2. The molecule has 0 bridgehead atoms. The number of ether oxygens (including phenoxy) is 1. The van der Waals surface area contributed by atoms with Gasteiger partial charge in [0.05, 0.1) is 18.1 Å². The number of carboxylic acid groups (broad SMARTS) is 1. The Kier molecular flexibility index (Phi) is 9.90. The summed E-state index contributed by atoms with van der Waals surface area (Å²) in [6.45, 7) is 3.47. The van der Waals surface area contributed by atoms with E-state index in [1.807, 2.05) is 0 Å². The fourth-order valence-electron chi connectivity index (χ4n) is 0.823. The van der Waals surface area contributed by atoms with Gasteiger partial charge in [-0.1, -0.05) is 24.0 Å². The number of thioether (sulfide) groups is 2. The van der Waals surface area contributed by atoms with Gasteiger partial charge in [-0.25, -0.2) is 0 Å². The van der Waals surface area contributed by atoms with Crippen molar-refractivity contribution in [2.45, 2.75) is 31.9 Å². The molecule has 0 saturated carbocycles. The molecule has 19 heavy (non-hydrogen) atoms. The van der Waals surface area contributed by atoms with E-state index in [4.69, 9.17) is 22.1 Å². The van der Waals surface area contributed by atoms with E-state index in [0.29, 0.717) is 9.28 Å². The molecule has 8 heteroatoms. The highest BCUT2D eigenvalue weighted by Gasteiger charge is 2.12. The van der Waals surface area contributed by atoms with Crippen molar-refractivity contribution in [3.05, 3.63) is 0 Å². The molecular weight excluding hydrogens is 308 g/mol. The summed E-state index contributed by atoms with van der Waals surface area (Å²) >= 11 is 7.71. The maximum atomic E-state index is 11.1. The molecule has 5 nitrogen and oxygen atoms in total. The number of Topliss-reactive ketones (excluding diaryl/α,β-unsaturated/α-hetero) is 1. The van der Waals surface area contributed by atoms with Crippen molar-refractivity contribution in [3.63, 3.8) is 0 Å². The maximum Gasteiger partial charge on any atom is 0.306 e. The summed E-state index contributed by atoms with van der Waals surface area (Å²) in [5, 5.41) is 8.21. The van der Waals surface area contributed by atoms with Gasteiger partial charge in [-0.15, -0.1) is 11.8 Å². The number of carbonyl (C=O) groups excluding carboxylic acids is 2. The van der Waals surface area contributed by atoms with Gasteiger partial charge in [0.25, 0.3) is 0 Å². The molecule has 0 radical (unpaired) electrons. The average Bonchev–Trinajstić information content (AvgIpc) is 2.31. The number of thiocarbonyl (C=S) groups is 1. The third-order valence-corrected chi connectivity index (χ3v) is 4.72. The lowest BCUT2D eigenvalue weighted by Gasteiger charge is -2.08. The van der Waals surface area contributed by atoms with Crippen molar-refractivity contribution >= 4 is 57.0 Å². The molecule has 0 aromatic rings. The number of hydrogen-bond donors (Lipinski definition) is 1. The van der Waals surface area contributed by atoms with Gasteiger partial charge in [-0.05, 0) is 13.8 Å². The Morgan fingerprint density at radius 1 is 1.32 bits per heavy atom. The minimum atomic E-state index is -1.03. The number of carbonyl (C=O) groups is 3. The quantitative estimate of drug-likeness (QED) is 0.413. The molecule has 0 spiro atoms. The van der Waals surface area contributed by atoms with Gasteiger partial charge in [0, 0.05) is 5.75 Å². The summed E-state index contributed by atoms with van der Waals surface area (Å²) < 4.78 is 5.47. The van der Waals surface area contributed by atoms with Crippen molar-refractivity contribution in [1.29, 1.82) is 0 Å². The van der Waals surface area contributed by atoms with Gasteiger partial charge in [0.2, 0.25) is 0 Å². The lowest BCUT2D eigenvalue weighted by molar-refractivity contribution is -0.147. The molecule has 1 N–H and O–H groups in total. The zero-order chi connectivity index (χ0) is 14.8. The first-order valence-corrected chi connectivity index (χ1v) is 7.81. The van der Waals surface area contributed by atoms with Gasteiger partial charge in [0.15, 0.2) is 0 Å². The molecule has 0 aliphatic heterocycles. The zero-order valence-corrected chi connectivity index (χ0v) is 13.2. The highest BCUT2D eigenvalue weighted by molar-refractivity contribution is 8.47. The third-order valence-electron chi connectivity index (χ3n) is 1.95. The second-order valence-electron chi connectivity index (χ2n) is 3.58. The van der Waals surface area contributed by atoms with Crippen LogP contribution in [0.1, 0.15) is 26.7 Å². The smallest absolute Gasteiger partial charge is 0.306 e. The topological polar surface area (TPSA) is 80.7 Å². The molecule has 108 valence electrons. The van der Waals surface area contributed by atoms with E-state index in [9.17, 15) is 14.4 Å². The summed E-state index contributed by atoms with van der Waals surface area (Å²) in [7, 11) is 0. The van der Waals surface area contributed by atoms with Crippen molar-refractivity contribution in [2.24, 2.45) is 0 Å². The molecule has 0 amide bonds. The minimum Gasteiger partial charge on any atom is -0.481 e. The van der Waals surface area contributed by atoms with Gasteiger partial charge in [0.1, 0.15) is 15.9 Å². The van der Waals surface area contributed by atoms with Crippen LogP contribution in [0.2, 0.25) is 0 Å². The van der Waals surface area contributed by atoms with Crippen molar-refractivity contribution in [2.75, 3.05) is 12.4 Å².